The molecule has 0 saturated carbocycles. The van der Waals surface area contributed by atoms with Crippen LogP contribution in [0.25, 0.3) is 0 Å². The van der Waals surface area contributed by atoms with E-state index in [9.17, 15) is 69.1 Å². The molecular formula is B4F16Ge. The third kappa shape index (κ3) is 61100. The van der Waals surface area contributed by atoms with Crippen molar-refractivity contribution < 1.29 is 69.1 Å². The van der Waals surface area contributed by atoms with Gasteiger partial charge in [0.25, 0.3) is 0 Å². The SMILES string of the molecule is F[B-](F)(F)F.F[B-](F)(F)F.F[B-](F)(F)F.F[B-](F)(F)F.[Ge+4]. The van der Waals surface area contributed by atoms with Gasteiger partial charge in [-0.1, -0.05) is 0 Å². The maximum atomic E-state index is 9.75. The second kappa shape index (κ2) is 12.2. The van der Waals surface area contributed by atoms with Gasteiger partial charge in [-0.15, -0.1) is 0 Å². The Kier molecular flexibility index (Phi) is 19.0. The summed E-state index contributed by atoms with van der Waals surface area (Å²) in [5, 5.41) is 0. The van der Waals surface area contributed by atoms with Crippen LogP contribution in [0.3, 0.4) is 0 Å². The average Bonchev–Trinajstić information content (AvgIpc) is 1.62. The van der Waals surface area contributed by atoms with Gasteiger partial charge in [-0.3, -0.25) is 0 Å². The van der Waals surface area contributed by atoms with E-state index in [-0.39, 0.29) is 17.6 Å². The molecule has 0 spiro atoms. The van der Waals surface area contributed by atoms with Crippen LogP contribution in [0.4, 0.5) is 69.1 Å². The second-order valence-electron chi connectivity index (χ2n) is 1.98. The molecule has 0 fully saturated rings. The first kappa shape index (κ1) is 32.6. The molecule has 0 saturated heterocycles. The molecule has 0 N–H and O–H groups in total. The van der Waals surface area contributed by atoms with E-state index >= 15 is 0 Å². The topological polar surface area (TPSA) is 0 Å². The fourth-order valence-corrected chi connectivity index (χ4v) is 0. The Bertz CT molecular complexity index is 130. The Morgan fingerprint density at radius 3 is 0.238 bits per heavy atom. The molecule has 0 aromatic rings. The molecular weight excluding hydrogens is 420 g/mol. The normalized spacial score (nSPS) is 11.4. The van der Waals surface area contributed by atoms with Gasteiger partial charge in [-0.05, 0) is 0 Å². The van der Waals surface area contributed by atoms with E-state index in [0.29, 0.717) is 0 Å². The Morgan fingerprint density at radius 1 is 0.238 bits per heavy atom. The van der Waals surface area contributed by atoms with Gasteiger partial charge in [0.2, 0.25) is 0 Å². The Labute approximate surface area is 117 Å². The van der Waals surface area contributed by atoms with Crippen LogP contribution in [0, 0.1) is 0 Å². The molecule has 128 valence electrons. The van der Waals surface area contributed by atoms with Crippen molar-refractivity contribution in [3.8, 4) is 0 Å². The quantitative estimate of drug-likeness (QED) is 0.390. The van der Waals surface area contributed by atoms with Crippen LogP contribution in [0.15, 0.2) is 0 Å². The Balaban J connectivity index is -0.0000000533. The van der Waals surface area contributed by atoms with E-state index in [2.05, 4.69) is 0 Å². The minimum absolute atomic E-state index is 0. The summed E-state index contributed by atoms with van der Waals surface area (Å²) in [6.07, 6.45) is 0. The molecule has 0 unspecified atom stereocenters. The minimum Gasteiger partial charge on any atom is -0.418 e. The van der Waals surface area contributed by atoms with Crippen molar-refractivity contribution in [1.29, 1.82) is 0 Å². The van der Waals surface area contributed by atoms with Crippen molar-refractivity contribution >= 4 is 46.6 Å². The van der Waals surface area contributed by atoms with Gasteiger partial charge in [-0.2, -0.15) is 0 Å². The van der Waals surface area contributed by atoms with Crippen LogP contribution >= 0.6 is 0 Å². The van der Waals surface area contributed by atoms with Crippen molar-refractivity contribution in [2.75, 3.05) is 0 Å². The number of halogens is 16. The van der Waals surface area contributed by atoms with Crippen LogP contribution < -0.4 is 0 Å². The molecule has 0 heterocycles. The molecule has 0 radical (unpaired) electrons. The van der Waals surface area contributed by atoms with E-state index in [1.165, 1.54) is 0 Å². The van der Waals surface area contributed by atoms with E-state index in [1.54, 1.807) is 0 Å². The predicted molar refractivity (Wildman–Crippen MR) is 46.5 cm³/mol. The summed E-state index contributed by atoms with van der Waals surface area (Å²) in [6, 6.07) is 0. The maximum Gasteiger partial charge on any atom is 4.00 e. The fraction of sp³-hybridized carbons (Fsp3) is 0. The first-order chi connectivity index (χ1) is 8.00. The molecule has 0 nitrogen and oxygen atoms in total. The molecule has 0 rings (SSSR count). The smallest absolute Gasteiger partial charge is 0.418 e. The van der Waals surface area contributed by atoms with Crippen LogP contribution in [-0.4, -0.2) is 46.6 Å². The Hall–Kier alpha value is -0.317. The van der Waals surface area contributed by atoms with Gasteiger partial charge in [0.15, 0.2) is 0 Å². The van der Waals surface area contributed by atoms with Crippen LogP contribution in [0.5, 0.6) is 0 Å². The third-order valence-corrected chi connectivity index (χ3v) is 0. The molecule has 0 amide bonds. The number of rotatable bonds is 0. The standard InChI is InChI=1S/4BF4.Ge/c4*2-1(3,4)5;/q4*-1;+4. The molecule has 0 atom stereocenters. The first-order valence-electron chi connectivity index (χ1n) is 3.49. The molecule has 0 aliphatic heterocycles. The minimum atomic E-state index is -6.00. The third-order valence-electron chi connectivity index (χ3n) is 0. The van der Waals surface area contributed by atoms with E-state index < -0.39 is 29.0 Å². The monoisotopic (exact) mass is 422 g/mol. The average molecular weight is 420 g/mol. The molecule has 0 aliphatic rings. The van der Waals surface area contributed by atoms with Crippen LogP contribution in [0.2, 0.25) is 0 Å². The van der Waals surface area contributed by atoms with Crippen molar-refractivity contribution in [2.45, 2.75) is 0 Å². The summed E-state index contributed by atoms with van der Waals surface area (Å²) in [6.45, 7) is 0. The second-order valence-corrected chi connectivity index (χ2v) is 1.98. The predicted octanol–water partition coefficient (Wildman–Crippen LogP) is 4.82. The summed E-state index contributed by atoms with van der Waals surface area (Å²) < 4.78 is 156. The van der Waals surface area contributed by atoms with Gasteiger partial charge >= 0.3 is 46.6 Å². The molecule has 0 bridgehead atoms. The van der Waals surface area contributed by atoms with E-state index in [0.717, 1.165) is 0 Å². The molecule has 0 aromatic heterocycles. The molecule has 0 aromatic carbocycles. The van der Waals surface area contributed by atoms with Gasteiger partial charge in [-0.25, -0.2) is 0 Å². The zero-order valence-corrected chi connectivity index (χ0v) is 11.0. The van der Waals surface area contributed by atoms with Crippen molar-refractivity contribution in [1.82, 2.24) is 0 Å². The Morgan fingerprint density at radius 2 is 0.238 bits per heavy atom. The summed E-state index contributed by atoms with van der Waals surface area (Å²) in [4.78, 5) is 0. The van der Waals surface area contributed by atoms with Gasteiger partial charge in [0, 0.05) is 0 Å². The first-order valence-corrected chi connectivity index (χ1v) is 3.49. The van der Waals surface area contributed by atoms with E-state index in [4.69, 9.17) is 0 Å². The summed E-state index contributed by atoms with van der Waals surface area (Å²) in [5.41, 5.74) is 0. The fourth-order valence-electron chi connectivity index (χ4n) is 0. The van der Waals surface area contributed by atoms with Crippen molar-refractivity contribution in [3.63, 3.8) is 0 Å². The van der Waals surface area contributed by atoms with Gasteiger partial charge < -0.3 is 69.1 Å². The number of hydrogen-bond donors (Lipinski definition) is 0. The molecule has 0 aliphatic carbocycles. The molecule has 21 heteroatoms. The van der Waals surface area contributed by atoms with Crippen LogP contribution in [0.1, 0.15) is 0 Å². The maximum absolute atomic E-state index is 9.75. The summed E-state index contributed by atoms with van der Waals surface area (Å²) in [7, 11) is -24.0. The molecule has 21 heavy (non-hydrogen) atoms. The van der Waals surface area contributed by atoms with Gasteiger partial charge in [0.1, 0.15) is 0 Å². The number of hydrogen-bond acceptors (Lipinski definition) is 0. The summed E-state index contributed by atoms with van der Waals surface area (Å²) in [5.74, 6) is 0. The largest absolute Gasteiger partial charge is 4.00 e. The zero-order valence-electron chi connectivity index (χ0n) is 8.86. The zero-order chi connectivity index (χ0) is 18.0. The summed E-state index contributed by atoms with van der Waals surface area (Å²) >= 11 is 0. The van der Waals surface area contributed by atoms with Gasteiger partial charge in [0.05, 0.1) is 0 Å². The van der Waals surface area contributed by atoms with Crippen molar-refractivity contribution in [3.05, 3.63) is 0 Å². The van der Waals surface area contributed by atoms with E-state index in [1.807, 2.05) is 0 Å². The van der Waals surface area contributed by atoms with Crippen molar-refractivity contribution in [2.24, 2.45) is 0 Å². The van der Waals surface area contributed by atoms with Crippen LogP contribution in [-0.2, 0) is 0 Å².